The van der Waals surface area contributed by atoms with Gasteiger partial charge in [0.15, 0.2) is 0 Å². The topological polar surface area (TPSA) is 63.4 Å². The fraction of sp³-hybridized carbons (Fsp3) is 0.263. The number of hydrogen-bond donors (Lipinski definition) is 1. The summed E-state index contributed by atoms with van der Waals surface area (Å²) < 4.78 is 0. The highest BCUT2D eigenvalue weighted by atomic mass is 32.2. The maximum atomic E-state index is 13.1. The third-order valence-corrected chi connectivity index (χ3v) is 5.44. The first-order valence-corrected chi connectivity index (χ1v) is 8.95. The molecule has 2 N–H and O–H groups in total. The molecule has 2 amide bonds. The number of hydrogen-bond acceptors (Lipinski definition) is 3. The molecular formula is C19H20N2O2S. The van der Waals surface area contributed by atoms with E-state index in [2.05, 4.69) is 19.1 Å². The largest absolute Gasteiger partial charge is 0.369 e. The Balaban J connectivity index is 1.86. The van der Waals surface area contributed by atoms with Crippen molar-refractivity contribution >= 4 is 23.6 Å². The van der Waals surface area contributed by atoms with Crippen LogP contribution >= 0.6 is 11.8 Å². The predicted octanol–water partition coefficient (Wildman–Crippen LogP) is 3.02. The standard InChI is InChI=1S/C19H20N2O2S/c1-13-15-7-3-2-6-14(15)10-11-21(13)19(23)16-8-4-5-9-17(16)24-12-18(20)22/h2-9,13H,10-12H2,1H3,(H2,20,22). The second kappa shape index (κ2) is 7.09. The summed E-state index contributed by atoms with van der Waals surface area (Å²) >= 11 is 1.31. The van der Waals surface area contributed by atoms with E-state index < -0.39 is 0 Å². The van der Waals surface area contributed by atoms with Gasteiger partial charge in [0.2, 0.25) is 5.91 Å². The number of fused-ring (bicyclic) bond motifs is 1. The summed E-state index contributed by atoms with van der Waals surface area (Å²) in [6.07, 6.45) is 0.864. The summed E-state index contributed by atoms with van der Waals surface area (Å²) in [4.78, 5) is 26.8. The minimum absolute atomic E-state index is 0.00423. The van der Waals surface area contributed by atoms with Crippen LogP contribution in [0.1, 0.15) is 34.5 Å². The Morgan fingerprint density at radius 1 is 1.17 bits per heavy atom. The van der Waals surface area contributed by atoms with Crippen LogP contribution in [0.2, 0.25) is 0 Å². The molecule has 2 aromatic carbocycles. The molecule has 124 valence electrons. The van der Waals surface area contributed by atoms with Crippen molar-refractivity contribution in [1.82, 2.24) is 4.90 Å². The molecule has 0 fully saturated rings. The minimum Gasteiger partial charge on any atom is -0.369 e. The molecule has 1 heterocycles. The molecule has 24 heavy (non-hydrogen) atoms. The Bertz CT molecular complexity index is 775. The fourth-order valence-electron chi connectivity index (χ4n) is 3.12. The first kappa shape index (κ1) is 16.6. The SMILES string of the molecule is CC1c2ccccc2CCN1C(=O)c1ccccc1SCC(N)=O. The summed E-state index contributed by atoms with van der Waals surface area (Å²) in [6, 6.07) is 15.7. The average molecular weight is 340 g/mol. The van der Waals surface area contributed by atoms with Gasteiger partial charge in [0, 0.05) is 11.4 Å². The van der Waals surface area contributed by atoms with Gasteiger partial charge in [-0.3, -0.25) is 9.59 Å². The van der Waals surface area contributed by atoms with Crippen LogP contribution in [0.5, 0.6) is 0 Å². The van der Waals surface area contributed by atoms with Crippen LogP contribution in [0.4, 0.5) is 0 Å². The van der Waals surface area contributed by atoms with Crippen LogP contribution in [-0.2, 0) is 11.2 Å². The molecule has 0 radical (unpaired) electrons. The van der Waals surface area contributed by atoms with Gasteiger partial charge in [-0.25, -0.2) is 0 Å². The summed E-state index contributed by atoms with van der Waals surface area (Å²) in [5.41, 5.74) is 8.38. The van der Waals surface area contributed by atoms with Crippen LogP contribution in [0.25, 0.3) is 0 Å². The molecular weight excluding hydrogens is 320 g/mol. The van der Waals surface area contributed by atoms with Gasteiger partial charge >= 0.3 is 0 Å². The number of nitrogens with two attached hydrogens (primary N) is 1. The summed E-state index contributed by atoms with van der Waals surface area (Å²) in [5, 5.41) is 0. The van der Waals surface area contributed by atoms with Gasteiger partial charge in [-0.15, -0.1) is 11.8 Å². The zero-order valence-corrected chi connectivity index (χ0v) is 14.4. The third-order valence-electron chi connectivity index (χ3n) is 4.34. The zero-order chi connectivity index (χ0) is 17.1. The Morgan fingerprint density at radius 3 is 2.67 bits per heavy atom. The van der Waals surface area contributed by atoms with E-state index >= 15 is 0 Å². The summed E-state index contributed by atoms with van der Waals surface area (Å²) in [6.45, 7) is 2.76. The van der Waals surface area contributed by atoms with Crippen LogP contribution < -0.4 is 5.73 Å². The molecule has 0 saturated carbocycles. The van der Waals surface area contributed by atoms with Crippen LogP contribution in [0, 0.1) is 0 Å². The van der Waals surface area contributed by atoms with Crippen molar-refractivity contribution in [3.63, 3.8) is 0 Å². The smallest absolute Gasteiger partial charge is 0.255 e. The van der Waals surface area contributed by atoms with Gasteiger partial charge in [-0.05, 0) is 36.6 Å². The normalized spacial score (nSPS) is 16.5. The van der Waals surface area contributed by atoms with Gasteiger partial charge in [0.05, 0.1) is 17.4 Å². The van der Waals surface area contributed by atoms with E-state index in [0.717, 1.165) is 11.3 Å². The molecule has 0 spiro atoms. The highest BCUT2D eigenvalue weighted by Gasteiger charge is 2.29. The second-order valence-corrected chi connectivity index (χ2v) is 6.89. The molecule has 1 aliphatic rings. The van der Waals surface area contributed by atoms with Crippen molar-refractivity contribution in [2.45, 2.75) is 24.3 Å². The lowest BCUT2D eigenvalue weighted by molar-refractivity contribution is -0.115. The molecule has 5 heteroatoms. The molecule has 1 aliphatic heterocycles. The van der Waals surface area contributed by atoms with Crippen molar-refractivity contribution in [3.8, 4) is 0 Å². The maximum absolute atomic E-state index is 13.1. The number of benzene rings is 2. The van der Waals surface area contributed by atoms with E-state index in [4.69, 9.17) is 5.73 Å². The van der Waals surface area contributed by atoms with E-state index in [9.17, 15) is 9.59 Å². The number of rotatable bonds is 4. The Kier molecular flexibility index (Phi) is 4.90. The number of carbonyl (C=O) groups excluding carboxylic acids is 2. The van der Waals surface area contributed by atoms with Crippen molar-refractivity contribution in [2.24, 2.45) is 5.73 Å². The van der Waals surface area contributed by atoms with E-state index in [-0.39, 0.29) is 23.6 Å². The van der Waals surface area contributed by atoms with Gasteiger partial charge in [-0.2, -0.15) is 0 Å². The van der Waals surface area contributed by atoms with E-state index in [1.807, 2.05) is 41.3 Å². The first-order chi connectivity index (χ1) is 11.6. The van der Waals surface area contributed by atoms with E-state index in [1.54, 1.807) is 0 Å². The molecule has 3 rings (SSSR count). The van der Waals surface area contributed by atoms with E-state index in [1.165, 1.54) is 22.9 Å². The Morgan fingerprint density at radius 2 is 1.88 bits per heavy atom. The van der Waals surface area contributed by atoms with Crippen molar-refractivity contribution in [2.75, 3.05) is 12.3 Å². The van der Waals surface area contributed by atoms with Gasteiger partial charge in [0.25, 0.3) is 5.91 Å². The van der Waals surface area contributed by atoms with Crippen LogP contribution in [0.15, 0.2) is 53.4 Å². The average Bonchev–Trinajstić information content (AvgIpc) is 2.60. The number of nitrogens with zero attached hydrogens (tertiary/aromatic N) is 1. The fourth-order valence-corrected chi connectivity index (χ4v) is 3.91. The molecule has 0 bridgehead atoms. The molecule has 4 nitrogen and oxygen atoms in total. The Labute approximate surface area is 146 Å². The molecule has 0 aliphatic carbocycles. The lowest BCUT2D eigenvalue weighted by Crippen LogP contribution is -2.39. The minimum atomic E-state index is -0.387. The maximum Gasteiger partial charge on any atom is 0.255 e. The number of carbonyl (C=O) groups is 2. The number of thioether (sulfide) groups is 1. The zero-order valence-electron chi connectivity index (χ0n) is 13.6. The van der Waals surface area contributed by atoms with Crippen molar-refractivity contribution < 1.29 is 9.59 Å². The van der Waals surface area contributed by atoms with Crippen molar-refractivity contribution in [1.29, 1.82) is 0 Å². The number of primary amides is 1. The molecule has 2 aromatic rings. The highest BCUT2D eigenvalue weighted by Crippen LogP contribution is 2.32. The van der Waals surface area contributed by atoms with Gasteiger partial charge < -0.3 is 10.6 Å². The monoisotopic (exact) mass is 340 g/mol. The summed E-state index contributed by atoms with van der Waals surface area (Å²) in [5.74, 6) is -0.213. The number of amides is 2. The quantitative estimate of drug-likeness (QED) is 0.870. The highest BCUT2D eigenvalue weighted by molar-refractivity contribution is 8.00. The molecule has 0 saturated heterocycles. The molecule has 1 unspecified atom stereocenters. The lowest BCUT2D eigenvalue weighted by Gasteiger charge is -2.35. The third kappa shape index (κ3) is 3.31. The lowest BCUT2D eigenvalue weighted by atomic mass is 9.93. The van der Waals surface area contributed by atoms with Crippen LogP contribution in [0.3, 0.4) is 0 Å². The van der Waals surface area contributed by atoms with E-state index in [0.29, 0.717) is 12.1 Å². The van der Waals surface area contributed by atoms with Crippen LogP contribution in [-0.4, -0.2) is 29.0 Å². The molecule has 1 atom stereocenters. The van der Waals surface area contributed by atoms with Gasteiger partial charge in [0.1, 0.15) is 0 Å². The van der Waals surface area contributed by atoms with Crippen molar-refractivity contribution in [3.05, 3.63) is 65.2 Å². The predicted molar refractivity (Wildman–Crippen MR) is 96.0 cm³/mol. The first-order valence-electron chi connectivity index (χ1n) is 7.97. The molecule has 0 aromatic heterocycles. The second-order valence-electron chi connectivity index (χ2n) is 5.87. The Hall–Kier alpha value is -2.27. The van der Waals surface area contributed by atoms with Gasteiger partial charge in [-0.1, -0.05) is 36.4 Å². The summed E-state index contributed by atoms with van der Waals surface area (Å²) in [7, 11) is 0.